The quantitative estimate of drug-likeness (QED) is 0.521. The van der Waals surface area contributed by atoms with Gasteiger partial charge in [0.1, 0.15) is 6.61 Å². The Balaban J connectivity index is 2.05. The zero-order valence-electron chi connectivity index (χ0n) is 14.5. The van der Waals surface area contributed by atoms with E-state index < -0.39 is 11.6 Å². The van der Waals surface area contributed by atoms with Crippen LogP contribution in [0.1, 0.15) is 51.5 Å². The Morgan fingerprint density at radius 2 is 1.92 bits per heavy atom. The molecule has 0 N–H and O–H groups in total. The normalized spacial score (nSPS) is 18.3. The van der Waals surface area contributed by atoms with Crippen LogP contribution in [-0.2, 0) is 0 Å². The van der Waals surface area contributed by atoms with Gasteiger partial charge in [-0.3, -0.25) is 0 Å². The van der Waals surface area contributed by atoms with Crippen molar-refractivity contribution in [1.82, 2.24) is 0 Å². The fourth-order valence-corrected chi connectivity index (χ4v) is 3.02. The summed E-state index contributed by atoms with van der Waals surface area (Å²) in [6.45, 7) is 4.12. The van der Waals surface area contributed by atoms with Crippen LogP contribution in [0.15, 0.2) is 42.5 Å². The maximum Gasteiger partial charge on any atom is 0.201 e. The van der Waals surface area contributed by atoms with Crippen molar-refractivity contribution in [3.8, 4) is 5.75 Å². The largest absolute Gasteiger partial charge is 0.486 e. The predicted molar refractivity (Wildman–Crippen MR) is 96.0 cm³/mol. The number of allylic oxidation sites excluding steroid dienone is 5. The Hall–Kier alpha value is -1.90. The molecule has 130 valence electrons. The molecule has 2 rings (SSSR count). The molecule has 0 saturated heterocycles. The molecule has 24 heavy (non-hydrogen) atoms. The minimum absolute atomic E-state index is 0.0324. The van der Waals surface area contributed by atoms with Gasteiger partial charge in [-0.1, -0.05) is 30.4 Å². The molecular weight excluding hydrogens is 306 g/mol. The maximum atomic E-state index is 14.4. The van der Waals surface area contributed by atoms with Crippen molar-refractivity contribution in [2.75, 3.05) is 6.61 Å². The Kier molecular flexibility index (Phi) is 7.23. The topological polar surface area (TPSA) is 9.23 Å². The smallest absolute Gasteiger partial charge is 0.201 e. The summed E-state index contributed by atoms with van der Waals surface area (Å²) in [6.07, 6.45) is 14.9. The lowest BCUT2D eigenvalue weighted by molar-refractivity contribution is 0.332. The van der Waals surface area contributed by atoms with E-state index in [1.165, 1.54) is 6.07 Å². The van der Waals surface area contributed by atoms with Gasteiger partial charge in [-0.2, -0.15) is 4.39 Å². The molecule has 1 aromatic carbocycles. The van der Waals surface area contributed by atoms with Crippen LogP contribution in [0.5, 0.6) is 5.75 Å². The van der Waals surface area contributed by atoms with E-state index >= 15 is 0 Å². The SMILES string of the molecule is C/C=C/CCC1CC=C(c2ccc(OC/C=C/C)c(F)c2F)CC1. The van der Waals surface area contributed by atoms with Crippen molar-refractivity contribution in [3.63, 3.8) is 0 Å². The molecule has 0 amide bonds. The Bertz CT molecular complexity index is 629. The molecule has 1 unspecified atom stereocenters. The summed E-state index contributed by atoms with van der Waals surface area (Å²) in [6, 6.07) is 3.16. The van der Waals surface area contributed by atoms with Crippen LogP contribution in [0, 0.1) is 17.6 Å². The van der Waals surface area contributed by atoms with Gasteiger partial charge in [0.15, 0.2) is 11.6 Å². The molecule has 0 saturated carbocycles. The Labute approximate surface area is 143 Å². The van der Waals surface area contributed by atoms with Gasteiger partial charge in [0, 0.05) is 5.56 Å². The van der Waals surface area contributed by atoms with Crippen molar-refractivity contribution < 1.29 is 13.5 Å². The average Bonchev–Trinajstić information content (AvgIpc) is 2.60. The minimum Gasteiger partial charge on any atom is -0.486 e. The van der Waals surface area contributed by atoms with Gasteiger partial charge >= 0.3 is 0 Å². The van der Waals surface area contributed by atoms with Gasteiger partial charge in [0.25, 0.3) is 0 Å². The van der Waals surface area contributed by atoms with Crippen molar-refractivity contribution in [1.29, 1.82) is 0 Å². The van der Waals surface area contributed by atoms with Gasteiger partial charge in [-0.05, 0) is 69.6 Å². The molecule has 1 aromatic rings. The molecule has 0 bridgehead atoms. The Morgan fingerprint density at radius 3 is 2.58 bits per heavy atom. The second-order valence-electron chi connectivity index (χ2n) is 6.14. The van der Waals surface area contributed by atoms with Crippen LogP contribution in [0.25, 0.3) is 5.57 Å². The average molecular weight is 332 g/mol. The van der Waals surface area contributed by atoms with Gasteiger partial charge in [0.05, 0.1) is 0 Å². The maximum absolute atomic E-state index is 14.4. The first-order chi connectivity index (χ1) is 11.7. The molecule has 0 aliphatic heterocycles. The Morgan fingerprint density at radius 1 is 1.12 bits per heavy atom. The van der Waals surface area contributed by atoms with Gasteiger partial charge in [0.2, 0.25) is 5.82 Å². The molecule has 0 spiro atoms. The van der Waals surface area contributed by atoms with Gasteiger partial charge in [-0.25, -0.2) is 4.39 Å². The van der Waals surface area contributed by atoms with E-state index in [-0.39, 0.29) is 12.4 Å². The summed E-state index contributed by atoms with van der Waals surface area (Å²) in [4.78, 5) is 0. The molecule has 1 nitrogen and oxygen atoms in total. The van der Waals surface area contributed by atoms with E-state index in [9.17, 15) is 8.78 Å². The van der Waals surface area contributed by atoms with E-state index in [1.807, 2.05) is 19.9 Å². The second kappa shape index (κ2) is 9.41. The van der Waals surface area contributed by atoms with Crippen LogP contribution >= 0.6 is 0 Å². The second-order valence-corrected chi connectivity index (χ2v) is 6.14. The number of hydrogen-bond acceptors (Lipinski definition) is 1. The van der Waals surface area contributed by atoms with E-state index in [0.29, 0.717) is 11.5 Å². The zero-order valence-corrected chi connectivity index (χ0v) is 14.5. The highest BCUT2D eigenvalue weighted by molar-refractivity contribution is 5.67. The number of benzene rings is 1. The summed E-state index contributed by atoms with van der Waals surface area (Å²) in [5, 5.41) is 0. The highest BCUT2D eigenvalue weighted by Crippen LogP contribution is 2.35. The van der Waals surface area contributed by atoms with Gasteiger partial charge < -0.3 is 4.74 Å². The van der Waals surface area contributed by atoms with Crippen LogP contribution < -0.4 is 4.74 Å². The number of halogens is 2. The summed E-state index contributed by atoms with van der Waals surface area (Å²) < 4.78 is 33.8. The molecular formula is C21H26F2O. The van der Waals surface area contributed by atoms with E-state index in [2.05, 4.69) is 18.2 Å². The lowest BCUT2D eigenvalue weighted by Gasteiger charge is -2.22. The third-order valence-corrected chi connectivity index (χ3v) is 4.46. The predicted octanol–water partition coefficient (Wildman–Crippen LogP) is 6.46. The van der Waals surface area contributed by atoms with Crippen LogP contribution in [-0.4, -0.2) is 6.61 Å². The highest BCUT2D eigenvalue weighted by atomic mass is 19.2. The van der Waals surface area contributed by atoms with Gasteiger partial charge in [-0.15, -0.1) is 0 Å². The summed E-state index contributed by atoms with van der Waals surface area (Å²) in [7, 11) is 0. The molecule has 1 atom stereocenters. The van der Waals surface area contributed by atoms with Crippen molar-refractivity contribution in [3.05, 3.63) is 59.7 Å². The molecule has 3 heteroatoms. The summed E-state index contributed by atoms with van der Waals surface area (Å²) in [5.74, 6) is -1.09. The van der Waals surface area contributed by atoms with E-state index in [4.69, 9.17) is 4.74 Å². The van der Waals surface area contributed by atoms with Crippen LogP contribution in [0.4, 0.5) is 8.78 Å². The molecule has 0 heterocycles. The number of rotatable bonds is 7. The van der Waals surface area contributed by atoms with Crippen molar-refractivity contribution >= 4 is 5.57 Å². The fraction of sp³-hybridized carbons (Fsp3) is 0.429. The fourth-order valence-electron chi connectivity index (χ4n) is 3.02. The van der Waals surface area contributed by atoms with Crippen molar-refractivity contribution in [2.45, 2.75) is 46.0 Å². The first-order valence-electron chi connectivity index (χ1n) is 8.69. The molecule has 0 radical (unpaired) electrons. The van der Waals surface area contributed by atoms with E-state index in [1.54, 1.807) is 12.1 Å². The number of ether oxygens (including phenoxy) is 1. The third-order valence-electron chi connectivity index (χ3n) is 4.46. The monoisotopic (exact) mass is 332 g/mol. The molecule has 0 fully saturated rings. The zero-order chi connectivity index (χ0) is 17.4. The molecule has 1 aliphatic rings. The summed E-state index contributed by atoms with van der Waals surface area (Å²) >= 11 is 0. The molecule has 1 aliphatic carbocycles. The van der Waals surface area contributed by atoms with E-state index in [0.717, 1.165) is 37.7 Å². The lowest BCUT2D eigenvalue weighted by atomic mass is 9.84. The van der Waals surface area contributed by atoms with Crippen LogP contribution in [0.2, 0.25) is 0 Å². The third kappa shape index (κ3) is 4.80. The van der Waals surface area contributed by atoms with Crippen molar-refractivity contribution in [2.24, 2.45) is 5.92 Å². The molecule has 0 aromatic heterocycles. The lowest BCUT2D eigenvalue weighted by Crippen LogP contribution is -2.07. The standard InChI is InChI=1S/C21H26F2O/c1-3-5-7-8-16-9-11-17(12-10-16)18-13-14-19(21(23)20(18)22)24-15-6-4-2/h3-6,11,13-14,16H,7-10,12,15H2,1-2H3/b5-3+,6-4+. The minimum atomic E-state index is -0.895. The first kappa shape index (κ1) is 18.4. The highest BCUT2D eigenvalue weighted by Gasteiger charge is 2.20. The van der Waals surface area contributed by atoms with Crippen LogP contribution in [0.3, 0.4) is 0 Å². The summed E-state index contributed by atoms with van der Waals surface area (Å²) in [5.41, 5.74) is 1.28. The first-order valence-corrected chi connectivity index (χ1v) is 8.69. The number of hydrogen-bond donors (Lipinski definition) is 0.